The largest absolute Gasteiger partial charge is 0.325 e. The average molecular weight is 444 g/mol. The van der Waals surface area contributed by atoms with Crippen molar-refractivity contribution in [3.05, 3.63) is 100 Å². The maximum absolute atomic E-state index is 13.2. The van der Waals surface area contributed by atoms with Crippen LogP contribution >= 0.6 is 11.8 Å². The molecule has 5 nitrogen and oxygen atoms in total. The fraction of sp³-hybridized carbons (Fsp3) is 0.192. The quantitative estimate of drug-likeness (QED) is 0.310. The van der Waals surface area contributed by atoms with E-state index in [1.54, 1.807) is 10.6 Å². The number of rotatable bonds is 8. The normalized spacial score (nSPS) is 10.9. The predicted octanol–water partition coefficient (Wildman–Crippen LogP) is 4.93. The Labute approximate surface area is 191 Å². The summed E-state index contributed by atoms with van der Waals surface area (Å²) in [6.07, 6.45) is 1.67. The Hall–Kier alpha value is -3.38. The molecule has 0 spiro atoms. The Kier molecular flexibility index (Phi) is 7.02. The van der Waals surface area contributed by atoms with Crippen molar-refractivity contribution in [3.8, 4) is 0 Å². The second kappa shape index (κ2) is 10.3. The molecule has 1 aromatic heterocycles. The molecule has 3 aromatic carbocycles. The van der Waals surface area contributed by atoms with Crippen LogP contribution in [0.1, 0.15) is 18.1 Å². The van der Waals surface area contributed by atoms with Crippen molar-refractivity contribution in [1.82, 2.24) is 9.55 Å². The molecule has 0 saturated heterocycles. The first-order valence-corrected chi connectivity index (χ1v) is 11.7. The number of carbonyl (C=O) groups is 1. The van der Waals surface area contributed by atoms with Crippen LogP contribution in [-0.4, -0.2) is 21.2 Å². The minimum atomic E-state index is -0.128. The standard InChI is InChI=1S/C26H25N3O2S/c1-2-19-12-14-21(15-13-19)27-24(30)18-32-26-28-23-11-7-6-10-22(23)25(31)29(26)17-16-20-8-4-3-5-9-20/h3-15H,2,16-18H2,1H3,(H,27,30). The Morgan fingerprint density at radius 3 is 2.41 bits per heavy atom. The van der Waals surface area contributed by atoms with Gasteiger partial charge in [0.2, 0.25) is 5.91 Å². The molecule has 0 bridgehead atoms. The lowest BCUT2D eigenvalue weighted by atomic mass is 10.1. The summed E-state index contributed by atoms with van der Waals surface area (Å²) in [6, 6.07) is 25.2. The highest BCUT2D eigenvalue weighted by Gasteiger charge is 2.13. The Morgan fingerprint density at radius 1 is 0.938 bits per heavy atom. The highest BCUT2D eigenvalue weighted by Crippen LogP contribution is 2.19. The number of thioether (sulfide) groups is 1. The first kappa shape index (κ1) is 21.8. The lowest BCUT2D eigenvalue weighted by Gasteiger charge is -2.13. The number of carbonyl (C=O) groups excluding carboxylic acids is 1. The number of aromatic nitrogens is 2. The van der Waals surface area contributed by atoms with E-state index in [1.165, 1.54) is 17.3 Å². The van der Waals surface area contributed by atoms with Gasteiger partial charge in [-0.1, -0.05) is 73.3 Å². The first-order valence-electron chi connectivity index (χ1n) is 10.7. The van der Waals surface area contributed by atoms with E-state index in [0.29, 0.717) is 29.0 Å². The summed E-state index contributed by atoms with van der Waals surface area (Å²) in [6.45, 7) is 2.60. The molecule has 4 rings (SSSR count). The molecule has 6 heteroatoms. The molecule has 0 fully saturated rings. The minimum Gasteiger partial charge on any atom is -0.325 e. The molecular formula is C26H25N3O2S. The van der Waals surface area contributed by atoms with E-state index in [9.17, 15) is 9.59 Å². The number of anilines is 1. The molecule has 1 heterocycles. The van der Waals surface area contributed by atoms with Gasteiger partial charge in [-0.3, -0.25) is 14.2 Å². The van der Waals surface area contributed by atoms with E-state index in [-0.39, 0.29) is 17.2 Å². The van der Waals surface area contributed by atoms with Gasteiger partial charge in [-0.2, -0.15) is 0 Å². The molecule has 0 unspecified atom stereocenters. The van der Waals surface area contributed by atoms with E-state index in [1.807, 2.05) is 72.8 Å². The molecule has 0 saturated carbocycles. The van der Waals surface area contributed by atoms with Gasteiger partial charge in [0.05, 0.1) is 16.7 Å². The Bertz CT molecular complexity index is 1270. The van der Waals surface area contributed by atoms with Crippen molar-refractivity contribution in [2.45, 2.75) is 31.5 Å². The van der Waals surface area contributed by atoms with Gasteiger partial charge in [-0.25, -0.2) is 4.98 Å². The van der Waals surface area contributed by atoms with Crippen LogP contribution in [0.15, 0.2) is 88.8 Å². The molecule has 162 valence electrons. The summed E-state index contributed by atoms with van der Waals surface area (Å²) in [5.74, 6) is 0.0438. The average Bonchev–Trinajstić information content (AvgIpc) is 2.83. The lowest BCUT2D eigenvalue weighted by molar-refractivity contribution is -0.113. The van der Waals surface area contributed by atoms with Gasteiger partial charge in [0, 0.05) is 12.2 Å². The number of benzene rings is 3. The SMILES string of the molecule is CCc1ccc(NC(=O)CSc2nc3ccccc3c(=O)n2CCc2ccccc2)cc1. The number of aryl methyl sites for hydroxylation is 2. The number of amides is 1. The number of para-hydroxylation sites is 1. The van der Waals surface area contributed by atoms with E-state index in [2.05, 4.69) is 12.2 Å². The van der Waals surface area contributed by atoms with Crippen LogP contribution in [0.5, 0.6) is 0 Å². The fourth-order valence-electron chi connectivity index (χ4n) is 3.49. The zero-order chi connectivity index (χ0) is 22.3. The molecule has 4 aromatic rings. The molecule has 0 aliphatic carbocycles. The van der Waals surface area contributed by atoms with Crippen molar-refractivity contribution >= 4 is 34.3 Å². The molecule has 0 radical (unpaired) electrons. The van der Waals surface area contributed by atoms with Crippen LogP contribution in [0.3, 0.4) is 0 Å². The van der Waals surface area contributed by atoms with Crippen molar-refractivity contribution in [3.63, 3.8) is 0 Å². The van der Waals surface area contributed by atoms with Crippen LogP contribution in [0.2, 0.25) is 0 Å². The second-order valence-electron chi connectivity index (χ2n) is 7.49. The first-order chi connectivity index (χ1) is 15.6. The second-order valence-corrected chi connectivity index (χ2v) is 8.43. The smallest absolute Gasteiger partial charge is 0.262 e. The zero-order valence-electron chi connectivity index (χ0n) is 18.0. The number of hydrogen-bond donors (Lipinski definition) is 1. The molecule has 0 aliphatic rings. The summed E-state index contributed by atoms with van der Waals surface area (Å²) >= 11 is 1.29. The van der Waals surface area contributed by atoms with Crippen LogP contribution in [0, 0.1) is 0 Å². The third-order valence-corrected chi connectivity index (χ3v) is 6.25. The van der Waals surface area contributed by atoms with E-state index < -0.39 is 0 Å². The van der Waals surface area contributed by atoms with E-state index >= 15 is 0 Å². The van der Waals surface area contributed by atoms with E-state index in [4.69, 9.17) is 4.98 Å². The summed E-state index contributed by atoms with van der Waals surface area (Å²) in [5.41, 5.74) is 3.70. The highest BCUT2D eigenvalue weighted by molar-refractivity contribution is 7.99. The molecule has 32 heavy (non-hydrogen) atoms. The topological polar surface area (TPSA) is 64.0 Å². The van der Waals surface area contributed by atoms with Crippen LogP contribution in [-0.2, 0) is 24.2 Å². The maximum Gasteiger partial charge on any atom is 0.262 e. The number of nitrogens with one attached hydrogen (secondary N) is 1. The Morgan fingerprint density at radius 2 is 1.66 bits per heavy atom. The summed E-state index contributed by atoms with van der Waals surface area (Å²) in [7, 11) is 0. The van der Waals surface area contributed by atoms with Crippen molar-refractivity contribution in [2.75, 3.05) is 11.1 Å². The van der Waals surface area contributed by atoms with Gasteiger partial charge >= 0.3 is 0 Å². The summed E-state index contributed by atoms with van der Waals surface area (Å²) in [4.78, 5) is 30.4. The van der Waals surface area contributed by atoms with Crippen molar-refractivity contribution < 1.29 is 4.79 Å². The highest BCUT2D eigenvalue weighted by atomic mass is 32.2. The van der Waals surface area contributed by atoms with Gasteiger partial charge in [0.25, 0.3) is 5.56 Å². The third-order valence-electron chi connectivity index (χ3n) is 5.27. The van der Waals surface area contributed by atoms with Crippen molar-refractivity contribution in [1.29, 1.82) is 0 Å². The molecule has 1 amide bonds. The molecule has 1 N–H and O–H groups in total. The Balaban J connectivity index is 1.53. The van der Waals surface area contributed by atoms with E-state index in [0.717, 1.165) is 17.7 Å². The van der Waals surface area contributed by atoms with Gasteiger partial charge in [0.1, 0.15) is 0 Å². The number of nitrogens with zero attached hydrogens (tertiary/aromatic N) is 2. The van der Waals surface area contributed by atoms with Crippen LogP contribution in [0.25, 0.3) is 10.9 Å². The van der Waals surface area contributed by atoms with Crippen LogP contribution in [0.4, 0.5) is 5.69 Å². The number of hydrogen-bond acceptors (Lipinski definition) is 4. The van der Waals surface area contributed by atoms with Gasteiger partial charge in [-0.05, 0) is 48.2 Å². The monoisotopic (exact) mass is 443 g/mol. The number of fused-ring (bicyclic) bond motifs is 1. The van der Waals surface area contributed by atoms with Crippen LogP contribution < -0.4 is 10.9 Å². The zero-order valence-corrected chi connectivity index (χ0v) is 18.8. The molecular weight excluding hydrogens is 418 g/mol. The van der Waals surface area contributed by atoms with Gasteiger partial charge in [-0.15, -0.1) is 0 Å². The fourth-order valence-corrected chi connectivity index (χ4v) is 4.32. The van der Waals surface area contributed by atoms with Crippen molar-refractivity contribution in [2.24, 2.45) is 0 Å². The van der Waals surface area contributed by atoms with Gasteiger partial charge in [0.15, 0.2) is 5.16 Å². The minimum absolute atomic E-state index is 0.0791. The molecule has 0 atom stereocenters. The van der Waals surface area contributed by atoms with Gasteiger partial charge < -0.3 is 5.32 Å². The predicted molar refractivity (Wildman–Crippen MR) is 131 cm³/mol. The third kappa shape index (κ3) is 5.26. The lowest BCUT2D eigenvalue weighted by Crippen LogP contribution is -2.25. The molecule has 0 aliphatic heterocycles. The summed E-state index contributed by atoms with van der Waals surface area (Å²) < 4.78 is 1.68. The summed E-state index contributed by atoms with van der Waals surface area (Å²) in [5, 5.41) is 4.06. The maximum atomic E-state index is 13.2.